The third kappa shape index (κ3) is 4.96. The van der Waals surface area contributed by atoms with Crippen molar-refractivity contribution in [1.29, 1.82) is 0 Å². The van der Waals surface area contributed by atoms with Crippen LogP contribution >= 0.6 is 11.6 Å². The number of ether oxygens (including phenoxy) is 2. The summed E-state index contributed by atoms with van der Waals surface area (Å²) in [5, 5.41) is 10.6. The number of nitrogens with one attached hydrogen (secondary N) is 1. The van der Waals surface area contributed by atoms with E-state index in [9.17, 15) is 14.4 Å². The van der Waals surface area contributed by atoms with Crippen molar-refractivity contribution in [2.45, 2.75) is 19.9 Å². The summed E-state index contributed by atoms with van der Waals surface area (Å²) in [4.78, 5) is 33.6. The highest BCUT2D eigenvalue weighted by atomic mass is 35.5. The van der Waals surface area contributed by atoms with E-state index >= 15 is 0 Å². The maximum absolute atomic E-state index is 12.0. The van der Waals surface area contributed by atoms with Crippen LogP contribution < -0.4 is 10.1 Å². The smallest absolute Gasteiger partial charge is 0.465 e. The summed E-state index contributed by atoms with van der Waals surface area (Å²) >= 11 is 5.91. The summed E-state index contributed by atoms with van der Waals surface area (Å²) in [6.45, 7) is 3.19. The first-order valence-corrected chi connectivity index (χ1v) is 6.40. The molecular weight excluding hydrogens is 302 g/mol. The molecule has 2 N–H and O–H groups in total. The van der Waals surface area contributed by atoms with Gasteiger partial charge in [0.15, 0.2) is 11.5 Å². The van der Waals surface area contributed by atoms with Crippen LogP contribution in [0, 0.1) is 0 Å². The summed E-state index contributed by atoms with van der Waals surface area (Å²) < 4.78 is 9.43. The molecular formula is C13H14ClNO6. The molecule has 7 nitrogen and oxygen atoms in total. The fraction of sp³-hybridized carbons (Fsp3) is 0.308. The van der Waals surface area contributed by atoms with Gasteiger partial charge in [0.1, 0.15) is 0 Å². The average molecular weight is 316 g/mol. The molecule has 1 unspecified atom stereocenters. The summed E-state index contributed by atoms with van der Waals surface area (Å²) in [5.74, 6) is -0.410. The molecule has 0 aliphatic heterocycles. The number of hydrogen-bond donors (Lipinski definition) is 2. The molecule has 8 heteroatoms. The Kier molecular flexibility index (Phi) is 5.98. The van der Waals surface area contributed by atoms with E-state index in [2.05, 4.69) is 4.74 Å². The van der Waals surface area contributed by atoms with Gasteiger partial charge in [-0.25, -0.2) is 9.59 Å². The molecule has 0 aliphatic carbocycles. The molecule has 0 spiro atoms. The molecule has 0 aliphatic rings. The normalized spacial score (nSPS) is 11.4. The maximum atomic E-state index is 12.0. The van der Waals surface area contributed by atoms with Crippen molar-refractivity contribution in [3.8, 4) is 5.75 Å². The first kappa shape index (κ1) is 16.8. The van der Waals surface area contributed by atoms with E-state index in [4.69, 9.17) is 21.4 Å². The number of carboxylic acid groups (broad SMARTS) is 1. The molecule has 0 heterocycles. The quantitative estimate of drug-likeness (QED) is 0.492. The fourth-order valence-electron chi connectivity index (χ4n) is 1.47. The number of halogens is 1. The first-order chi connectivity index (χ1) is 9.85. The van der Waals surface area contributed by atoms with Gasteiger partial charge >= 0.3 is 12.2 Å². The van der Waals surface area contributed by atoms with Crippen LogP contribution in [0.5, 0.6) is 5.75 Å². The molecule has 1 amide bonds. The van der Waals surface area contributed by atoms with Gasteiger partial charge in [0.05, 0.1) is 17.7 Å². The minimum atomic E-state index is -1.30. The predicted molar refractivity (Wildman–Crippen MR) is 74.1 cm³/mol. The monoisotopic (exact) mass is 315 g/mol. The Morgan fingerprint density at radius 3 is 2.57 bits per heavy atom. The third-order valence-electron chi connectivity index (χ3n) is 2.41. The van der Waals surface area contributed by atoms with Gasteiger partial charge in [0.2, 0.25) is 0 Å². The second-order valence-electron chi connectivity index (χ2n) is 3.97. The van der Waals surface area contributed by atoms with Gasteiger partial charge in [0, 0.05) is 5.56 Å². The predicted octanol–water partition coefficient (Wildman–Crippen LogP) is 2.71. The van der Waals surface area contributed by atoms with E-state index in [0.717, 1.165) is 0 Å². The topological polar surface area (TPSA) is 102 Å². The number of rotatable bonds is 5. The van der Waals surface area contributed by atoms with Crippen molar-refractivity contribution in [2.75, 3.05) is 6.61 Å². The Balaban J connectivity index is 2.84. The second-order valence-corrected chi connectivity index (χ2v) is 4.37. The van der Waals surface area contributed by atoms with E-state index in [1.807, 2.05) is 5.32 Å². The van der Waals surface area contributed by atoms with Crippen LogP contribution in [0.2, 0.25) is 5.02 Å². The number of benzene rings is 1. The highest BCUT2D eigenvalue weighted by molar-refractivity contribution is 6.32. The molecule has 0 radical (unpaired) electrons. The molecule has 1 rings (SSSR count). The lowest BCUT2D eigenvalue weighted by molar-refractivity contribution is 0.0945. The Bertz CT molecular complexity index is 560. The highest BCUT2D eigenvalue weighted by Gasteiger charge is 2.19. The van der Waals surface area contributed by atoms with Crippen LogP contribution in [-0.2, 0) is 4.74 Å². The van der Waals surface area contributed by atoms with Gasteiger partial charge < -0.3 is 19.9 Å². The van der Waals surface area contributed by atoms with Crippen molar-refractivity contribution in [3.05, 3.63) is 28.8 Å². The molecule has 0 saturated heterocycles. The maximum Gasteiger partial charge on any atom is 0.513 e. The summed E-state index contributed by atoms with van der Waals surface area (Å²) in [5.41, 5.74) is 0.192. The van der Waals surface area contributed by atoms with Gasteiger partial charge in [0.25, 0.3) is 0 Å². The Hall–Kier alpha value is -2.28. The van der Waals surface area contributed by atoms with Crippen molar-refractivity contribution in [3.63, 3.8) is 0 Å². The minimum absolute atomic E-state index is 0.0384. The Morgan fingerprint density at radius 1 is 1.38 bits per heavy atom. The molecule has 0 fully saturated rings. The second kappa shape index (κ2) is 7.49. The zero-order valence-electron chi connectivity index (χ0n) is 11.4. The number of hydrogen-bond acceptors (Lipinski definition) is 5. The lowest BCUT2D eigenvalue weighted by Crippen LogP contribution is -2.37. The van der Waals surface area contributed by atoms with Crippen molar-refractivity contribution in [2.24, 2.45) is 0 Å². The molecule has 1 aromatic carbocycles. The SMILES string of the molecule is CCOC(=O)Oc1ccc(C(=O)C(C)NC(=O)O)cc1Cl. The van der Waals surface area contributed by atoms with Gasteiger partial charge in [-0.15, -0.1) is 0 Å². The number of carbonyl (C=O) groups is 3. The van der Waals surface area contributed by atoms with Crippen LogP contribution in [0.1, 0.15) is 24.2 Å². The number of amides is 1. The molecule has 114 valence electrons. The van der Waals surface area contributed by atoms with Gasteiger partial charge in [-0.1, -0.05) is 11.6 Å². The van der Waals surface area contributed by atoms with Crippen LogP contribution in [0.15, 0.2) is 18.2 Å². The Labute approximate surface area is 125 Å². The lowest BCUT2D eigenvalue weighted by atomic mass is 10.1. The number of ketones is 1. The van der Waals surface area contributed by atoms with E-state index in [1.54, 1.807) is 6.92 Å². The molecule has 1 atom stereocenters. The molecule has 0 bridgehead atoms. The fourth-order valence-corrected chi connectivity index (χ4v) is 1.69. The van der Waals surface area contributed by atoms with Crippen molar-refractivity contribution >= 4 is 29.6 Å². The van der Waals surface area contributed by atoms with E-state index in [1.165, 1.54) is 25.1 Å². The zero-order chi connectivity index (χ0) is 16.0. The van der Waals surface area contributed by atoms with Crippen molar-refractivity contribution < 1.29 is 29.0 Å². The molecule has 0 saturated carbocycles. The van der Waals surface area contributed by atoms with E-state index < -0.39 is 24.1 Å². The first-order valence-electron chi connectivity index (χ1n) is 6.03. The number of carbonyl (C=O) groups excluding carboxylic acids is 2. The summed E-state index contributed by atoms with van der Waals surface area (Å²) in [7, 11) is 0. The van der Waals surface area contributed by atoms with Crippen LogP contribution in [0.3, 0.4) is 0 Å². The summed E-state index contributed by atoms with van der Waals surface area (Å²) in [6, 6.07) is 3.08. The lowest BCUT2D eigenvalue weighted by Gasteiger charge is -2.11. The molecule has 0 aromatic heterocycles. The summed E-state index contributed by atoms with van der Waals surface area (Å²) in [6.07, 6.45) is -2.21. The largest absolute Gasteiger partial charge is 0.513 e. The van der Waals surface area contributed by atoms with Crippen LogP contribution in [-0.4, -0.2) is 35.8 Å². The van der Waals surface area contributed by atoms with Crippen molar-refractivity contribution in [1.82, 2.24) is 5.32 Å². The molecule has 21 heavy (non-hydrogen) atoms. The van der Waals surface area contributed by atoms with Gasteiger partial charge in [-0.3, -0.25) is 4.79 Å². The van der Waals surface area contributed by atoms with Gasteiger partial charge in [-0.05, 0) is 32.0 Å². The Morgan fingerprint density at radius 2 is 2.05 bits per heavy atom. The average Bonchev–Trinajstić information content (AvgIpc) is 2.39. The third-order valence-corrected chi connectivity index (χ3v) is 2.70. The van der Waals surface area contributed by atoms with E-state index in [-0.39, 0.29) is 22.9 Å². The standard InChI is InChI=1S/C13H14ClNO6/c1-3-20-13(19)21-10-5-4-8(6-9(10)14)11(16)7(2)15-12(17)18/h4-7,15H,3H2,1-2H3,(H,17,18). The number of Topliss-reactive ketones (excluding diaryl/α,β-unsaturated/α-hetero) is 1. The highest BCUT2D eigenvalue weighted by Crippen LogP contribution is 2.26. The van der Waals surface area contributed by atoms with Crippen LogP contribution in [0.4, 0.5) is 9.59 Å². The van der Waals surface area contributed by atoms with Gasteiger partial charge in [-0.2, -0.15) is 0 Å². The minimum Gasteiger partial charge on any atom is -0.465 e. The van der Waals surface area contributed by atoms with Crippen LogP contribution in [0.25, 0.3) is 0 Å². The zero-order valence-corrected chi connectivity index (χ0v) is 12.1. The van der Waals surface area contributed by atoms with E-state index in [0.29, 0.717) is 0 Å². The molecule has 1 aromatic rings.